The fourth-order valence-corrected chi connectivity index (χ4v) is 1.88. The molecule has 0 N–H and O–H groups in total. The van der Waals surface area contributed by atoms with Gasteiger partial charge in [-0.3, -0.25) is 0 Å². The van der Waals surface area contributed by atoms with Gasteiger partial charge < -0.3 is 0 Å². The van der Waals surface area contributed by atoms with E-state index in [1.807, 2.05) is 0 Å². The monoisotopic (exact) mass is 285 g/mol. The summed E-state index contributed by atoms with van der Waals surface area (Å²) >= 11 is 2.23. The summed E-state index contributed by atoms with van der Waals surface area (Å²) in [6.45, 7) is 4.13. The zero-order chi connectivity index (χ0) is 9.42. The van der Waals surface area contributed by atoms with Crippen molar-refractivity contribution in [1.82, 2.24) is 15.0 Å². The molecular formula is C9H8IN3. The molecule has 0 radical (unpaired) electrons. The van der Waals surface area contributed by atoms with Crippen LogP contribution in [0.5, 0.6) is 0 Å². The Morgan fingerprint density at radius 1 is 1.23 bits per heavy atom. The van der Waals surface area contributed by atoms with Crippen LogP contribution in [-0.2, 0) is 0 Å². The van der Waals surface area contributed by atoms with E-state index in [1.54, 1.807) is 12.5 Å². The molecule has 0 aliphatic carbocycles. The molecule has 0 aromatic carbocycles. The second-order valence-electron chi connectivity index (χ2n) is 2.91. The zero-order valence-corrected chi connectivity index (χ0v) is 9.53. The number of hydrogen-bond acceptors (Lipinski definition) is 3. The molecule has 13 heavy (non-hydrogen) atoms. The Labute approximate surface area is 89.8 Å². The fraction of sp³-hybridized carbons (Fsp3) is 0.222. The van der Waals surface area contributed by atoms with E-state index < -0.39 is 0 Å². The van der Waals surface area contributed by atoms with Crippen LogP contribution in [-0.4, -0.2) is 15.0 Å². The third kappa shape index (κ3) is 1.39. The molecule has 0 unspecified atom stereocenters. The Balaban J connectivity index is 2.94. The van der Waals surface area contributed by atoms with E-state index in [2.05, 4.69) is 51.4 Å². The first-order chi connectivity index (χ1) is 6.20. The van der Waals surface area contributed by atoms with E-state index in [9.17, 15) is 0 Å². The minimum atomic E-state index is 0.870. The molecule has 2 aromatic heterocycles. The van der Waals surface area contributed by atoms with Gasteiger partial charge in [0, 0.05) is 0 Å². The van der Waals surface area contributed by atoms with Gasteiger partial charge in [0.2, 0.25) is 0 Å². The maximum Gasteiger partial charge on any atom is 0.116 e. The number of halogens is 1. The molecule has 0 saturated carbocycles. The molecule has 2 rings (SSSR count). The lowest BCUT2D eigenvalue weighted by Gasteiger charge is -2.05. The first-order valence-electron chi connectivity index (χ1n) is 3.92. The Morgan fingerprint density at radius 3 is 2.77 bits per heavy atom. The van der Waals surface area contributed by atoms with Gasteiger partial charge in [0.1, 0.15) is 15.5 Å². The molecule has 0 atom stereocenters. The SMILES string of the molecule is Cc1c(I)nc2cncnc2c1C. The summed E-state index contributed by atoms with van der Waals surface area (Å²) in [6.07, 6.45) is 3.31. The molecule has 0 fully saturated rings. The summed E-state index contributed by atoms with van der Waals surface area (Å²) in [5, 5.41) is 0. The highest BCUT2D eigenvalue weighted by Gasteiger charge is 2.06. The van der Waals surface area contributed by atoms with Crippen molar-refractivity contribution in [1.29, 1.82) is 0 Å². The molecule has 0 aliphatic rings. The minimum absolute atomic E-state index is 0.870. The van der Waals surface area contributed by atoms with E-state index in [-0.39, 0.29) is 0 Å². The van der Waals surface area contributed by atoms with Gasteiger partial charge in [0.15, 0.2) is 0 Å². The average Bonchev–Trinajstić information content (AvgIpc) is 2.15. The third-order valence-corrected chi connectivity index (χ3v) is 3.19. The predicted molar refractivity (Wildman–Crippen MR) is 59.5 cm³/mol. The van der Waals surface area contributed by atoms with E-state index >= 15 is 0 Å². The Morgan fingerprint density at radius 2 is 2.00 bits per heavy atom. The van der Waals surface area contributed by atoms with Crippen molar-refractivity contribution in [3.05, 3.63) is 27.4 Å². The summed E-state index contributed by atoms with van der Waals surface area (Å²) in [6, 6.07) is 0. The first kappa shape index (κ1) is 8.80. The topological polar surface area (TPSA) is 38.7 Å². The van der Waals surface area contributed by atoms with Crippen molar-refractivity contribution in [3.8, 4) is 0 Å². The van der Waals surface area contributed by atoms with Crippen LogP contribution in [0.4, 0.5) is 0 Å². The third-order valence-electron chi connectivity index (χ3n) is 2.14. The molecule has 4 heteroatoms. The van der Waals surface area contributed by atoms with E-state index in [4.69, 9.17) is 0 Å². The summed E-state index contributed by atoms with van der Waals surface area (Å²) in [5.41, 5.74) is 4.21. The maximum absolute atomic E-state index is 4.40. The number of hydrogen-bond donors (Lipinski definition) is 0. The molecular weight excluding hydrogens is 277 g/mol. The highest BCUT2D eigenvalue weighted by atomic mass is 127. The molecule has 0 aliphatic heterocycles. The van der Waals surface area contributed by atoms with E-state index in [0.29, 0.717) is 0 Å². The zero-order valence-electron chi connectivity index (χ0n) is 7.37. The second-order valence-corrected chi connectivity index (χ2v) is 3.93. The molecule has 0 bridgehead atoms. The fourth-order valence-electron chi connectivity index (χ4n) is 1.21. The standard InChI is InChI=1S/C9H8IN3/c1-5-6(2)9(10)13-7-3-11-4-12-8(5)7/h3-4H,1-2H3. The van der Waals surface area contributed by atoms with Crippen LogP contribution < -0.4 is 0 Å². The summed E-state index contributed by atoms with van der Waals surface area (Å²) < 4.78 is 1.03. The van der Waals surface area contributed by atoms with Crippen LogP contribution in [0.2, 0.25) is 0 Å². The largest absolute Gasteiger partial charge is 0.243 e. The van der Waals surface area contributed by atoms with Gasteiger partial charge in [-0.25, -0.2) is 15.0 Å². The van der Waals surface area contributed by atoms with Gasteiger partial charge in [0.05, 0.1) is 11.7 Å². The minimum Gasteiger partial charge on any atom is -0.243 e. The van der Waals surface area contributed by atoms with Gasteiger partial charge >= 0.3 is 0 Å². The number of aromatic nitrogens is 3. The molecule has 2 aromatic rings. The van der Waals surface area contributed by atoms with Crippen molar-refractivity contribution in [3.63, 3.8) is 0 Å². The molecule has 2 heterocycles. The van der Waals surface area contributed by atoms with Crippen molar-refractivity contribution in [2.24, 2.45) is 0 Å². The van der Waals surface area contributed by atoms with Gasteiger partial charge in [-0.2, -0.15) is 0 Å². The predicted octanol–water partition coefficient (Wildman–Crippen LogP) is 2.25. The van der Waals surface area contributed by atoms with Crippen LogP contribution in [0.3, 0.4) is 0 Å². The number of fused-ring (bicyclic) bond motifs is 1. The van der Waals surface area contributed by atoms with Gasteiger partial charge in [-0.1, -0.05) is 0 Å². The highest BCUT2D eigenvalue weighted by Crippen LogP contribution is 2.20. The summed E-state index contributed by atoms with van der Waals surface area (Å²) in [7, 11) is 0. The quantitative estimate of drug-likeness (QED) is 0.550. The second kappa shape index (κ2) is 3.17. The molecule has 0 amide bonds. The maximum atomic E-state index is 4.40. The number of rotatable bonds is 0. The molecule has 0 spiro atoms. The van der Waals surface area contributed by atoms with Crippen LogP contribution in [0, 0.1) is 17.5 Å². The van der Waals surface area contributed by atoms with Gasteiger partial charge in [-0.15, -0.1) is 0 Å². The van der Waals surface area contributed by atoms with Crippen molar-refractivity contribution < 1.29 is 0 Å². The van der Waals surface area contributed by atoms with Gasteiger partial charge in [0.25, 0.3) is 0 Å². The number of pyridine rings is 1. The normalized spacial score (nSPS) is 10.7. The van der Waals surface area contributed by atoms with Crippen molar-refractivity contribution in [2.45, 2.75) is 13.8 Å². The Bertz CT molecular complexity index is 468. The van der Waals surface area contributed by atoms with Crippen LogP contribution in [0.15, 0.2) is 12.5 Å². The number of aryl methyl sites for hydroxylation is 1. The summed E-state index contributed by atoms with van der Waals surface area (Å²) in [4.78, 5) is 12.6. The highest BCUT2D eigenvalue weighted by molar-refractivity contribution is 14.1. The van der Waals surface area contributed by atoms with Crippen LogP contribution in [0.25, 0.3) is 11.0 Å². The molecule has 3 nitrogen and oxygen atoms in total. The molecule has 66 valence electrons. The number of nitrogens with zero attached hydrogens (tertiary/aromatic N) is 3. The lowest BCUT2D eigenvalue weighted by Crippen LogP contribution is -1.95. The van der Waals surface area contributed by atoms with E-state index in [1.165, 1.54) is 11.1 Å². The summed E-state index contributed by atoms with van der Waals surface area (Å²) in [5.74, 6) is 0. The van der Waals surface area contributed by atoms with Crippen LogP contribution >= 0.6 is 22.6 Å². The lowest BCUT2D eigenvalue weighted by molar-refractivity contribution is 1.15. The smallest absolute Gasteiger partial charge is 0.116 e. The van der Waals surface area contributed by atoms with Crippen molar-refractivity contribution >= 4 is 33.6 Å². The molecule has 0 saturated heterocycles. The van der Waals surface area contributed by atoms with Gasteiger partial charge in [-0.05, 0) is 47.6 Å². The van der Waals surface area contributed by atoms with E-state index in [0.717, 1.165) is 14.7 Å². The Hall–Kier alpha value is -0.780. The van der Waals surface area contributed by atoms with Crippen LogP contribution in [0.1, 0.15) is 11.1 Å². The average molecular weight is 285 g/mol. The first-order valence-corrected chi connectivity index (χ1v) is 5.00. The van der Waals surface area contributed by atoms with Crippen molar-refractivity contribution in [2.75, 3.05) is 0 Å². The Kier molecular flexibility index (Phi) is 2.15. The lowest BCUT2D eigenvalue weighted by atomic mass is 10.1.